The summed E-state index contributed by atoms with van der Waals surface area (Å²) in [6, 6.07) is 0. The number of hydrogen-bond donors (Lipinski definition) is 1. The van der Waals surface area contributed by atoms with Crippen LogP contribution in [0.3, 0.4) is 0 Å². The van der Waals surface area contributed by atoms with Gasteiger partial charge in [0.2, 0.25) is 0 Å². The number of nitrogens with one attached hydrogen (secondary N) is 1. The lowest BCUT2D eigenvalue weighted by molar-refractivity contribution is 0.318. The van der Waals surface area contributed by atoms with E-state index in [4.69, 9.17) is 4.99 Å². The van der Waals surface area contributed by atoms with E-state index in [-0.39, 0.29) is 0 Å². The summed E-state index contributed by atoms with van der Waals surface area (Å²) in [5.74, 6) is 2.30. The molecule has 19 heavy (non-hydrogen) atoms. The molecule has 1 N–H and O–H groups in total. The topological polar surface area (TPSA) is 42.2 Å². The van der Waals surface area contributed by atoms with Crippen LogP contribution < -0.4 is 5.32 Å². The fourth-order valence-electron chi connectivity index (χ4n) is 2.26. The summed E-state index contributed by atoms with van der Waals surface area (Å²) in [5, 5.41) is 4.54. The van der Waals surface area contributed by atoms with Crippen molar-refractivity contribution in [2.75, 3.05) is 18.8 Å². The summed E-state index contributed by atoms with van der Waals surface area (Å²) in [7, 11) is 2.03. The summed E-state index contributed by atoms with van der Waals surface area (Å²) in [6.07, 6.45) is 7.22. The highest BCUT2D eigenvalue weighted by atomic mass is 32.2. The molecule has 1 aromatic rings. The van der Waals surface area contributed by atoms with E-state index < -0.39 is 0 Å². The van der Waals surface area contributed by atoms with Crippen LogP contribution in [-0.4, -0.2) is 33.6 Å². The maximum atomic E-state index is 4.71. The predicted molar refractivity (Wildman–Crippen MR) is 82.7 cm³/mol. The monoisotopic (exact) mass is 280 g/mol. The van der Waals surface area contributed by atoms with Crippen LogP contribution in [0.4, 0.5) is 0 Å². The second-order valence-electron chi connectivity index (χ2n) is 5.25. The van der Waals surface area contributed by atoms with Crippen molar-refractivity contribution in [3.8, 4) is 0 Å². The van der Waals surface area contributed by atoms with Gasteiger partial charge in [0, 0.05) is 44.7 Å². The lowest BCUT2D eigenvalue weighted by Gasteiger charge is -2.33. The summed E-state index contributed by atoms with van der Waals surface area (Å²) in [5.41, 5.74) is 0.426. The lowest BCUT2D eigenvalue weighted by Crippen LogP contribution is -2.35. The summed E-state index contributed by atoms with van der Waals surface area (Å²) < 4.78 is 2.07. The van der Waals surface area contributed by atoms with Gasteiger partial charge in [0.15, 0.2) is 5.17 Å². The normalized spacial score (nSPS) is 18.2. The van der Waals surface area contributed by atoms with Crippen molar-refractivity contribution in [1.29, 1.82) is 0 Å². The Labute approximate surface area is 120 Å². The van der Waals surface area contributed by atoms with Gasteiger partial charge in [-0.3, -0.25) is 4.99 Å². The van der Waals surface area contributed by atoms with Gasteiger partial charge in [0.1, 0.15) is 5.82 Å². The number of aromatic nitrogens is 2. The molecular formula is C14H24N4S. The van der Waals surface area contributed by atoms with Crippen molar-refractivity contribution >= 4 is 16.9 Å². The number of imidazole rings is 1. The molecule has 0 saturated carbocycles. The minimum Gasteiger partial charge on any atom is -0.364 e. The maximum Gasteiger partial charge on any atom is 0.156 e. The zero-order valence-electron chi connectivity index (χ0n) is 12.1. The molecule has 2 heterocycles. The van der Waals surface area contributed by atoms with Gasteiger partial charge in [0.25, 0.3) is 0 Å². The molecule has 0 fully saturated rings. The van der Waals surface area contributed by atoms with E-state index in [2.05, 4.69) is 28.7 Å². The zero-order chi connectivity index (χ0) is 13.7. The Morgan fingerprint density at radius 3 is 2.74 bits per heavy atom. The van der Waals surface area contributed by atoms with Crippen LogP contribution in [-0.2, 0) is 13.5 Å². The first-order valence-corrected chi connectivity index (χ1v) is 8.05. The van der Waals surface area contributed by atoms with E-state index in [9.17, 15) is 0 Å². The third-order valence-electron chi connectivity index (χ3n) is 4.12. The molecule has 0 spiro atoms. The average Bonchev–Trinajstić information content (AvgIpc) is 2.86. The van der Waals surface area contributed by atoms with Gasteiger partial charge in [-0.25, -0.2) is 4.98 Å². The molecule has 0 atom stereocenters. The number of rotatable bonds is 5. The molecule has 106 valence electrons. The number of nitrogens with zero attached hydrogens (tertiary/aromatic N) is 3. The van der Waals surface area contributed by atoms with Crippen molar-refractivity contribution in [2.45, 2.75) is 33.1 Å². The Morgan fingerprint density at radius 2 is 2.21 bits per heavy atom. The molecule has 1 aliphatic heterocycles. The van der Waals surface area contributed by atoms with Crippen molar-refractivity contribution in [1.82, 2.24) is 14.9 Å². The highest BCUT2D eigenvalue weighted by Gasteiger charge is 2.29. The van der Waals surface area contributed by atoms with E-state index in [1.54, 1.807) is 0 Å². The van der Waals surface area contributed by atoms with Crippen molar-refractivity contribution in [2.24, 2.45) is 17.5 Å². The third-order valence-corrected chi connectivity index (χ3v) is 5.42. The largest absolute Gasteiger partial charge is 0.364 e. The number of thioether (sulfide) groups is 1. The Bertz CT molecular complexity index is 434. The Balaban J connectivity index is 1.79. The van der Waals surface area contributed by atoms with E-state index >= 15 is 0 Å². The summed E-state index contributed by atoms with van der Waals surface area (Å²) in [4.78, 5) is 9.03. The third kappa shape index (κ3) is 3.53. The zero-order valence-corrected chi connectivity index (χ0v) is 13.0. The van der Waals surface area contributed by atoms with E-state index in [0.717, 1.165) is 30.5 Å². The molecule has 1 aliphatic rings. The average molecular weight is 280 g/mol. The highest BCUT2D eigenvalue weighted by molar-refractivity contribution is 8.13. The van der Waals surface area contributed by atoms with Gasteiger partial charge in [0.05, 0.1) is 0 Å². The molecule has 0 amide bonds. The number of aryl methyl sites for hydroxylation is 1. The molecule has 0 bridgehead atoms. The van der Waals surface area contributed by atoms with Crippen LogP contribution >= 0.6 is 11.8 Å². The highest BCUT2D eigenvalue weighted by Crippen LogP contribution is 2.34. The fraction of sp³-hybridized carbons (Fsp3) is 0.714. The minimum absolute atomic E-state index is 0.426. The molecule has 0 saturated heterocycles. The van der Waals surface area contributed by atoms with Crippen LogP contribution in [0.5, 0.6) is 0 Å². The van der Waals surface area contributed by atoms with Crippen LogP contribution in [0.1, 0.15) is 32.5 Å². The fourth-order valence-corrected chi connectivity index (χ4v) is 3.56. The standard InChI is InChI=1S/C14H24N4S/c1-4-14(5-2)10-17-13(19-11-14)16-7-6-12-15-8-9-18(12)3/h8-9H,4-7,10-11H2,1-3H3,(H,16,17). The Morgan fingerprint density at radius 1 is 1.42 bits per heavy atom. The molecule has 0 radical (unpaired) electrons. The quantitative estimate of drug-likeness (QED) is 0.901. The van der Waals surface area contributed by atoms with Gasteiger partial charge >= 0.3 is 0 Å². The molecule has 2 rings (SSSR count). The minimum atomic E-state index is 0.426. The first-order valence-electron chi connectivity index (χ1n) is 7.06. The Kier molecular flexibility index (Phi) is 4.91. The number of aliphatic imine (C=N–C) groups is 1. The molecule has 0 aliphatic carbocycles. The molecule has 5 heteroatoms. The molecule has 0 aromatic carbocycles. The van der Waals surface area contributed by atoms with Crippen LogP contribution in [0.25, 0.3) is 0 Å². The number of amidine groups is 1. The van der Waals surface area contributed by atoms with Crippen LogP contribution in [0, 0.1) is 5.41 Å². The smallest absolute Gasteiger partial charge is 0.156 e. The summed E-state index contributed by atoms with van der Waals surface area (Å²) >= 11 is 1.87. The Hall–Kier alpha value is -0.970. The van der Waals surface area contributed by atoms with Gasteiger partial charge in [-0.1, -0.05) is 25.6 Å². The van der Waals surface area contributed by atoms with Crippen molar-refractivity contribution in [3.05, 3.63) is 18.2 Å². The molecule has 1 aromatic heterocycles. The second kappa shape index (κ2) is 6.46. The summed E-state index contributed by atoms with van der Waals surface area (Å²) in [6.45, 7) is 6.43. The number of hydrogen-bond acceptors (Lipinski definition) is 4. The predicted octanol–water partition coefficient (Wildman–Crippen LogP) is 2.46. The first-order chi connectivity index (χ1) is 9.19. The molecular weight excluding hydrogens is 256 g/mol. The van der Waals surface area contributed by atoms with Gasteiger partial charge in [-0.2, -0.15) is 0 Å². The van der Waals surface area contributed by atoms with E-state index in [0.29, 0.717) is 5.41 Å². The van der Waals surface area contributed by atoms with Gasteiger partial charge < -0.3 is 9.88 Å². The second-order valence-corrected chi connectivity index (χ2v) is 6.21. The molecule has 0 unspecified atom stereocenters. The van der Waals surface area contributed by atoms with E-state index in [1.807, 2.05) is 31.2 Å². The van der Waals surface area contributed by atoms with Crippen molar-refractivity contribution in [3.63, 3.8) is 0 Å². The van der Waals surface area contributed by atoms with Crippen LogP contribution in [0.2, 0.25) is 0 Å². The lowest BCUT2D eigenvalue weighted by atomic mass is 9.84. The van der Waals surface area contributed by atoms with Gasteiger partial charge in [-0.05, 0) is 18.3 Å². The maximum absolute atomic E-state index is 4.71. The van der Waals surface area contributed by atoms with Crippen molar-refractivity contribution < 1.29 is 0 Å². The van der Waals surface area contributed by atoms with Crippen LogP contribution in [0.15, 0.2) is 17.4 Å². The molecule has 4 nitrogen and oxygen atoms in total. The van der Waals surface area contributed by atoms with Gasteiger partial charge in [-0.15, -0.1) is 0 Å². The van der Waals surface area contributed by atoms with E-state index in [1.165, 1.54) is 18.6 Å². The first kappa shape index (κ1) is 14.4. The SMILES string of the molecule is CCC1(CC)CN=C(NCCc2nccn2C)SC1.